The lowest BCUT2D eigenvalue weighted by atomic mass is 10.2. The first kappa shape index (κ1) is 15.7. The summed E-state index contributed by atoms with van der Waals surface area (Å²) in [7, 11) is 0. The van der Waals surface area contributed by atoms with Crippen molar-refractivity contribution < 1.29 is 4.79 Å². The van der Waals surface area contributed by atoms with E-state index in [1.165, 1.54) is 0 Å². The quantitative estimate of drug-likeness (QED) is 0.583. The first-order valence-corrected chi connectivity index (χ1v) is 7.75. The van der Waals surface area contributed by atoms with Gasteiger partial charge < -0.3 is 0 Å². The molecule has 5 heteroatoms. The zero-order chi connectivity index (χ0) is 15.1. The third-order valence-electron chi connectivity index (χ3n) is 2.54. The molecule has 2 rings (SSSR count). The van der Waals surface area contributed by atoms with E-state index in [1.807, 2.05) is 42.5 Å². The van der Waals surface area contributed by atoms with Crippen LogP contribution in [0.25, 0.3) is 6.08 Å². The van der Waals surface area contributed by atoms with Crippen LogP contribution in [0.3, 0.4) is 0 Å². The number of amides is 1. The third kappa shape index (κ3) is 5.28. The Balaban J connectivity index is 1.96. The lowest BCUT2D eigenvalue weighted by molar-refractivity contribution is 0.0955. The van der Waals surface area contributed by atoms with E-state index in [9.17, 15) is 4.79 Å². The molecule has 1 amide bonds. The second kappa shape index (κ2) is 7.90. The van der Waals surface area contributed by atoms with E-state index < -0.39 is 0 Å². The normalized spacial score (nSPS) is 11.6. The average Bonchev–Trinajstić information content (AvgIpc) is 2.48. The number of hydrogen-bond donors (Lipinski definition) is 1. The van der Waals surface area contributed by atoms with Gasteiger partial charge in [-0.1, -0.05) is 52.3 Å². The van der Waals surface area contributed by atoms with Crippen LogP contribution in [0.2, 0.25) is 0 Å². The third-order valence-corrected chi connectivity index (χ3v) is 3.47. The Bertz CT molecular complexity index is 682. The lowest BCUT2D eigenvalue weighted by Gasteiger charge is -2.00. The molecule has 0 radical (unpaired) electrons. The van der Waals surface area contributed by atoms with Crippen molar-refractivity contribution in [3.8, 4) is 0 Å². The monoisotopic (exact) mass is 406 g/mol. The van der Waals surface area contributed by atoms with E-state index in [2.05, 4.69) is 42.4 Å². The number of hydrogen-bond acceptors (Lipinski definition) is 2. The second-order valence-corrected chi connectivity index (χ2v) is 5.98. The minimum absolute atomic E-state index is 0.257. The van der Waals surface area contributed by atoms with E-state index in [-0.39, 0.29) is 5.91 Å². The molecule has 0 saturated heterocycles. The Morgan fingerprint density at radius 3 is 2.57 bits per heavy atom. The molecule has 2 aromatic rings. The standard InChI is InChI=1S/C16H12Br2N2O/c17-14-8-4-7-13(10-14)16(21)20-19-11-15(18)9-12-5-2-1-3-6-12/h1-11H,(H,20,21)/b15-9-,19-11+. The smallest absolute Gasteiger partial charge is 0.267 e. The molecule has 0 fully saturated rings. The zero-order valence-corrected chi connectivity index (χ0v) is 14.1. The van der Waals surface area contributed by atoms with Crippen LogP contribution >= 0.6 is 31.9 Å². The molecule has 0 unspecified atom stereocenters. The molecule has 0 spiro atoms. The highest BCUT2D eigenvalue weighted by atomic mass is 79.9. The maximum Gasteiger partial charge on any atom is 0.271 e. The van der Waals surface area contributed by atoms with Crippen molar-refractivity contribution in [3.05, 3.63) is 74.7 Å². The van der Waals surface area contributed by atoms with Crippen molar-refractivity contribution in [3.63, 3.8) is 0 Å². The maximum atomic E-state index is 11.9. The SMILES string of the molecule is O=C(N/N=C/C(Br)=C/c1ccccc1)c1cccc(Br)c1. The Kier molecular flexibility index (Phi) is 5.90. The fourth-order valence-electron chi connectivity index (χ4n) is 1.59. The van der Waals surface area contributed by atoms with Crippen molar-refractivity contribution in [2.75, 3.05) is 0 Å². The summed E-state index contributed by atoms with van der Waals surface area (Å²) < 4.78 is 1.62. The molecular weight excluding hydrogens is 396 g/mol. The van der Waals surface area contributed by atoms with Gasteiger partial charge in [-0.2, -0.15) is 5.10 Å². The van der Waals surface area contributed by atoms with Crippen molar-refractivity contribution in [1.29, 1.82) is 0 Å². The summed E-state index contributed by atoms with van der Waals surface area (Å²) in [6, 6.07) is 17.0. The average molecular weight is 408 g/mol. The van der Waals surface area contributed by atoms with E-state index >= 15 is 0 Å². The summed E-state index contributed by atoms with van der Waals surface area (Å²) in [6.45, 7) is 0. The van der Waals surface area contributed by atoms with Crippen LogP contribution in [0, 0.1) is 0 Å². The molecule has 21 heavy (non-hydrogen) atoms. The van der Waals surface area contributed by atoms with Crippen molar-refractivity contribution in [2.24, 2.45) is 5.10 Å². The van der Waals surface area contributed by atoms with Gasteiger partial charge in [0.25, 0.3) is 5.91 Å². The van der Waals surface area contributed by atoms with Gasteiger partial charge in [0.2, 0.25) is 0 Å². The van der Waals surface area contributed by atoms with Crippen LogP contribution in [0.1, 0.15) is 15.9 Å². The fourth-order valence-corrected chi connectivity index (χ4v) is 2.36. The first-order chi connectivity index (χ1) is 10.1. The highest BCUT2D eigenvalue weighted by molar-refractivity contribution is 9.12. The van der Waals surface area contributed by atoms with Gasteiger partial charge in [0.05, 0.1) is 6.21 Å². The van der Waals surface area contributed by atoms with Gasteiger partial charge >= 0.3 is 0 Å². The Labute approximate surface area is 140 Å². The Morgan fingerprint density at radius 1 is 1.10 bits per heavy atom. The van der Waals surface area contributed by atoms with E-state index in [0.29, 0.717) is 5.56 Å². The molecule has 0 heterocycles. The van der Waals surface area contributed by atoms with E-state index in [4.69, 9.17) is 0 Å². The highest BCUT2D eigenvalue weighted by Gasteiger charge is 2.03. The molecular formula is C16H12Br2N2O. The summed E-state index contributed by atoms with van der Waals surface area (Å²) in [6.07, 6.45) is 3.46. The molecule has 0 saturated carbocycles. The molecule has 3 nitrogen and oxygen atoms in total. The van der Waals surface area contributed by atoms with Crippen LogP contribution in [-0.4, -0.2) is 12.1 Å². The van der Waals surface area contributed by atoms with Crippen LogP contribution in [0.5, 0.6) is 0 Å². The van der Waals surface area contributed by atoms with Crippen molar-refractivity contribution in [2.45, 2.75) is 0 Å². The van der Waals surface area contributed by atoms with Gasteiger partial charge in [0.1, 0.15) is 0 Å². The molecule has 0 aliphatic carbocycles. The Morgan fingerprint density at radius 2 is 1.86 bits per heavy atom. The van der Waals surface area contributed by atoms with E-state index in [0.717, 1.165) is 14.5 Å². The molecule has 1 N–H and O–H groups in total. The molecule has 0 aliphatic rings. The summed E-state index contributed by atoms with van der Waals surface area (Å²) >= 11 is 6.71. The van der Waals surface area contributed by atoms with Crippen LogP contribution < -0.4 is 5.43 Å². The number of halogens is 2. The highest BCUT2D eigenvalue weighted by Crippen LogP contribution is 2.12. The predicted molar refractivity (Wildman–Crippen MR) is 93.4 cm³/mol. The van der Waals surface area contributed by atoms with Gasteiger partial charge in [0, 0.05) is 14.5 Å². The number of allylic oxidation sites excluding steroid dienone is 1. The summed E-state index contributed by atoms with van der Waals surface area (Å²) in [4.78, 5) is 11.9. The van der Waals surface area contributed by atoms with E-state index in [1.54, 1.807) is 24.4 Å². The van der Waals surface area contributed by atoms with Crippen molar-refractivity contribution >= 4 is 50.1 Å². The van der Waals surface area contributed by atoms with Gasteiger partial charge in [-0.25, -0.2) is 5.43 Å². The summed E-state index contributed by atoms with van der Waals surface area (Å²) in [5, 5.41) is 3.92. The lowest BCUT2D eigenvalue weighted by Crippen LogP contribution is -2.17. The molecule has 0 aliphatic heterocycles. The number of carbonyl (C=O) groups is 1. The molecule has 0 bridgehead atoms. The largest absolute Gasteiger partial charge is 0.271 e. The minimum Gasteiger partial charge on any atom is -0.267 e. The zero-order valence-electron chi connectivity index (χ0n) is 11.0. The maximum absolute atomic E-state index is 11.9. The number of benzene rings is 2. The predicted octanol–water partition coefficient (Wildman–Crippen LogP) is 4.60. The van der Waals surface area contributed by atoms with Crippen molar-refractivity contribution in [1.82, 2.24) is 5.43 Å². The topological polar surface area (TPSA) is 41.5 Å². The first-order valence-electron chi connectivity index (χ1n) is 6.16. The molecule has 2 aromatic carbocycles. The fraction of sp³-hybridized carbons (Fsp3) is 0. The van der Waals surface area contributed by atoms with Crippen LogP contribution in [-0.2, 0) is 0 Å². The van der Waals surface area contributed by atoms with Gasteiger partial charge in [-0.3, -0.25) is 4.79 Å². The molecule has 0 aromatic heterocycles. The number of rotatable bonds is 4. The van der Waals surface area contributed by atoms with Crippen LogP contribution in [0.15, 0.2) is 68.7 Å². The number of nitrogens with zero attached hydrogens (tertiary/aromatic N) is 1. The number of carbonyl (C=O) groups excluding carboxylic acids is 1. The molecule has 106 valence electrons. The number of hydrazone groups is 1. The van der Waals surface area contributed by atoms with Gasteiger partial charge in [-0.05, 0) is 45.8 Å². The van der Waals surface area contributed by atoms with Gasteiger partial charge in [-0.15, -0.1) is 0 Å². The summed E-state index contributed by atoms with van der Waals surface area (Å²) in [5.74, 6) is -0.257. The van der Waals surface area contributed by atoms with Gasteiger partial charge in [0.15, 0.2) is 0 Å². The van der Waals surface area contributed by atoms with Crippen LogP contribution in [0.4, 0.5) is 0 Å². The number of nitrogens with one attached hydrogen (secondary N) is 1. The molecule has 0 atom stereocenters. The minimum atomic E-state index is -0.257. The second-order valence-electron chi connectivity index (χ2n) is 4.15. The Hall–Kier alpha value is -1.72. The summed E-state index contributed by atoms with van der Waals surface area (Å²) in [5.41, 5.74) is 4.08.